The molecule has 0 spiro atoms. The van der Waals surface area contributed by atoms with Crippen LogP contribution in [0.15, 0.2) is 0 Å². The smallest absolute Gasteiger partial charge is 0.248 e. The second kappa shape index (κ2) is 2.91. The minimum atomic E-state index is -2.41. The van der Waals surface area contributed by atoms with Gasteiger partial charge in [0.05, 0.1) is 0 Å². The van der Waals surface area contributed by atoms with Crippen LogP contribution < -0.4 is 5.73 Å². The number of halogens is 2. The maximum atomic E-state index is 12.9. The van der Waals surface area contributed by atoms with Gasteiger partial charge in [-0.2, -0.15) is 0 Å². The van der Waals surface area contributed by atoms with Crippen molar-refractivity contribution in [1.82, 2.24) is 0 Å². The van der Waals surface area contributed by atoms with Crippen molar-refractivity contribution in [2.24, 2.45) is 17.1 Å². The van der Waals surface area contributed by atoms with Gasteiger partial charge in [-0.25, -0.2) is 8.78 Å². The van der Waals surface area contributed by atoms with Crippen LogP contribution in [0.3, 0.4) is 0 Å². The van der Waals surface area contributed by atoms with Crippen LogP contribution in [0.5, 0.6) is 0 Å². The predicted molar refractivity (Wildman–Crippen MR) is 47.6 cm³/mol. The van der Waals surface area contributed by atoms with Crippen LogP contribution in [0.25, 0.3) is 0 Å². The average molecular weight is 189 g/mol. The first-order chi connectivity index (χ1) is 6.08. The molecule has 0 unspecified atom stereocenters. The van der Waals surface area contributed by atoms with Crippen LogP contribution in [0.1, 0.15) is 38.5 Å². The first-order valence-corrected chi connectivity index (χ1v) is 5.16. The van der Waals surface area contributed by atoms with Crippen molar-refractivity contribution in [2.75, 3.05) is 6.54 Å². The summed E-state index contributed by atoms with van der Waals surface area (Å²) in [6.07, 6.45) is 3.81. The molecule has 0 heterocycles. The summed E-state index contributed by atoms with van der Waals surface area (Å²) in [5, 5.41) is 0. The van der Waals surface area contributed by atoms with Gasteiger partial charge in [-0.15, -0.1) is 0 Å². The highest BCUT2D eigenvalue weighted by Gasteiger charge is 2.49. The fourth-order valence-corrected chi connectivity index (χ4v) is 2.59. The van der Waals surface area contributed by atoms with Gasteiger partial charge in [0.1, 0.15) is 0 Å². The highest BCUT2D eigenvalue weighted by Crippen LogP contribution is 2.55. The third-order valence-electron chi connectivity index (χ3n) is 3.83. The fraction of sp³-hybridized carbons (Fsp3) is 1.00. The van der Waals surface area contributed by atoms with Crippen molar-refractivity contribution in [3.63, 3.8) is 0 Å². The van der Waals surface area contributed by atoms with E-state index in [1.54, 1.807) is 0 Å². The van der Waals surface area contributed by atoms with Crippen molar-refractivity contribution in [1.29, 1.82) is 0 Å². The summed E-state index contributed by atoms with van der Waals surface area (Å²) in [7, 11) is 0. The Morgan fingerprint density at radius 1 is 1.08 bits per heavy atom. The molecule has 2 N–H and O–H groups in total. The monoisotopic (exact) mass is 189 g/mol. The number of hydrogen-bond donors (Lipinski definition) is 1. The fourth-order valence-electron chi connectivity index (χ4n) is 2.59. The molecule has 76 valence electrons. The van der Waals surface area contributed by atoms with E-state index in [0.29, 0.717) is 25.3 Å². The maximum Gasteiger partial charge on any atom is 0.248 e. The first-order valence-electron chi connectivity index (χ1n) is 5.16. The van der Waals surface area contributed by atoms with Gasteiger partial charge in [0, 0.05) is 12.8 Å². The Bertz CT molecular complexity index is 189. The van der Waals surface area contributed by atoms with Crippen molar-refractivity contribution in [3.8, 4) is 0 Å². The lowest BCUT2D eigenvalue weighted by Crippen LogP contribution is -2.40. The van der Waals surface area contributed by atoms with E-state index in [4.69, 9.17) is 5.73 Å². The second-order valence-corrected chi connectivity index (χ2v) is 4.70. The SMILES string of the molecule is NCC1(C2CC2)CCC(F)(F)CC1. The van der Waals surface area contributed by atoms with Gasteiger partial charge in [0.15, 0.2) is 0 Å². The van der Waals surface area contributed by atoms with Gasteiger partial charge >= 0.3 is 0 Å². The van der Waals surface area contributed by atoms with Gasteiger partial charge < -0.3 is 5.73 Å². The summed E-state index contributed by atoms with van der Waals surface area (Å²) in [6, 6.07) is 0. The van der Waals surface area contributed by atoms with Gasteiger partial charge in [-0.3, -0.25) is 0 Å². The van der Waals surface area contributed by atoms with Gasteiger partial charge in [-0.05, 0) is 43.6 Å². The summed E-state index contributed by atoms with van der Waals surface area (Å²) in [4.78, 5) is 0. The van der Waals surface area contributed by atoms with E-state index < -0.39 is 5.92 Å². The normalized spacial score (nSPS) is 31.6. The molecule has 2 aliphatic rings. The zero-order chi connectivity index (χ0) is 9.53. The molecule has 0 aromatic carbocycles. The predicted octanol–water partition coefficient (Wildman–Crippen LogP) is 2.55. The van der Waals surface area contributed by atoms with E-state index in [1.165, 1.54) is 12.8 Å². The van der Waals surface area contributed by atoms with Crippen LogP contribution in [-0.4, -0.2) is 12.5 Å². The lowest BCUT2D eigenvalue weighted by molar-refractivity contribution is -0.0700. The van der Waals surface area contributed by atoms with Crippen molar-refractivity contribution < 1.29 is 8.78 Å². The molecule has 2 rings (SSSR count). The van der Waals surface area contributed by atoms with Crippen LogP contribution in [0, 0.1) is 11.3 Å². The molecule has 0 amide bonds. The second-order valence-electron chi connectivity index (χ2n) is 4.70. The minimum Gasteiger partial charge on any atom is -0.330 e. The highest BCUT2D eigenvalue weighted by atomic mass is 19.3. The van der Waals surface area contributed by atoms with Gasteiger partial charge in [-0.1, -0.05) is 0 Å². The summed E-state index contributed by atoms with van der Waals surface area (Å²) in [5.74, 6) is -1.75. The minimum absolute atomic E-state index is 0.0562. The summed E-state index contributed by atoms with van der Waals surface area (Å²) < 4.78 is 25.9. The Morgan fingerprint density at radius 2 is 1.62 bits per heavy atom. The van der Waals surface area contributed by atoms with Gasteiger partial charge in [0.2, 0.25) is 5.92 Å². The van der Waals surface area contributed by atoms with Crippen LogP contribution in [0.2, 0.25) is 0 Å². The summed E-state index contributed by atoms with van der Waals surface area (Å²) >= 11 is 0. The summed E-state index contributed by atoms with van der Waals surface area (Å²) in [6.45, 7) is 0.605. The van der Waals surface area contributed by atoms with E-state index in [9.17, 15) is 8.78 Å². The molecular formula is C10H17F2N. The molecule has 2 aliphatic carbocycles. The summed E-state index contributed by atoms with van der Waals surface area (Å²) in [5.41, 5.74) is 5.81. The van der Waals surface area contributed by atoms with Crippen molar-refractivity contribution in [3.05, 3.63) is 0 Å². The highest BCUT2D eigenvalue weighted by molar-refractivity contribution is 4.98. The molecule has 2 fully saturated rings. The number of hydrogen-bond acceptors (Lipinski definition) is 1. The molecule has 0 aliphatic heterocycles. The molecule has 0 atom stereocenters. The average Bonchev–Trinajstić information content (AvgIpc) is 2.89. The lowest BCUT2D eigenvalue weighted by atomic mass is 9.69. The number of rotatable bonds is 2. The van der Waals surface area contributed by atoms with Gasteiger partial charge in [0.25, 0.3) is 0 Å². The largest absolute Gasteiger partial charge is 0.330 e. The molecule has 0 radical (unpaired) electrons. The van der Waals surface area contributed by atoms with Crippen LogP contribution in [-0.2, 0) is 0 Å². The van der Waals surface area contributed by atoms with E-state index >= 15 is 0 Å². The Hall–Kier alpha value is -0.180. The van der Waals surface area contributed by atoms with Crippen LogP contribution >= 0.6 is 0 Å². The molecule has 3 heteroatoms. The zero-order valence-corrected chi connectivity index (χ0v) is 7.86. The number of nitrogens with two attached hydrogens (primary N) is 1. The van der Waals surface area contributed by atoms with E-state index in [2.05, 4.69) is 0 Å². The van der Waals surface area contributed by atoms with Crippen LogP contribution in [0.4, 0.5) is 8.78 Å². The molecule has 2 saturated carbocycles. The Labute approximate surface area is 77.7 Å². The lowest BCUT2D eigenvalue weighted by Gasteiger charge is -2.39. The zero-order valence-electron chi connectivity index (χ0n) is 7.86. The topological polar surface area (TPSA) is 26.0 Å². The number of alkyl halides is 2. The van der Waals surface area contributed by atoms with E-state index in [0.717, 1.165) is 0 Å². The Kier molecular flexibility index (Phi) is 2.10. The van der Waals surface area contributed by atoms with E-state index in [-0.39, 0.29) is 18.3 Å². The Balaban J connectivity index is 2.01. The maximum absolute atomic E-state index is 12.9. The molecule has 13 heavy (non-hydrogen) atoms. The molecule has 0 bridgehead atoms. The molecule has 0 aromatic rings. The third kappa shape index (κ3) is 1.71. The Morgan fingerprint density at radius 3 is 2.00 bits per heavy atom. The van der Waals surface area contributed by atoms with E-state index in [1.807, 2.05) is 0 Å². The molecule has 1 nitrogen and oxygen atoms in total. The van der Waals surface area contributed by atoms with Crippen molar-refractivity contribution >= 4 is 0 Å². The molecule has 0 aromatic heterocycles. The standard InChI is InChI=1S/C10H17F2N/c11-10(12)5-3-9(7-13,4-6-10)8-1-2-8/h8H,1-7,13H2. The quantitative estimate of drug-likeness (QED) is 0.709. The molecular weight excluding hydrogens is 172 g/mol. The molecule has 0 saturated heterocycles. The van der Waals surface area contributed by atoms with Crippen molar-refractivity contribution in [2.45, 2.75) is 44.4 Å². The first kappa shape index (κ1) is 9.38. The third-order valence-corrected chi connectivity index (χ3v) is 3.83.